The number of ether oxygens (including phenoxy) is 1. The first kappa shape index (κ1) is 8.50. The Morgan fingerprint density at radius 3 is 2.82 bits per heavy atom. The lowest BCUT2D eigenvalue weighted by Gasteiger charge is -2.26. The third kappa shape index (κ3) is 1.52. The second kappa shape index (κ2) is 3.20. The van der Waals surface area contributed by atoms with Crippen molar-refractivity contribution in [3.63, 3.8) is 0 Å². The minimum Gasteiger partial charge on any atom is -0.358 e. The molecule has 3 heteroatoms. The Morgan fingerprint density at radius 2 is 2.36 bits per heavy atom. The minimum atomic E-state index is -1.03. The van der Waals surface area contributed by atoms with Crippen LogP contribution in [0, 0.1) is 5.92 Å². The van der Waals surface area contributed by atoms with Crippen LogP contribution >= 0.6 is 11.6 Å². The molecule has 0 fully saturated rings. The van der Waals surface area contributed by atoms with Crippen molar-refractivity contribution in [1.29, 1.82) is 0 Å². The molecule has 0 aromatic rings. The summed E-state index contributed by atoms with van der Waals surface area (Å²) in [5, 5.41) is -1.03. The molecule has 0 saturated heterocycles. The molecule has 2 unspecified atom stereocenters. The standard InChI is InChI=1S/C8H8ClO2/c1-11-8(9)5-3-2-4-7(8)6-10/h2-5,7H,1H3. The third-order valence-electron chi connectivity index (χ3n) is 1.60. The normalized spacial score (nSPS) is 35.6. The van der Waals surface area contributed by atoms with Crippen molar-refractivity contribution in [2.24, 2.45) is 5.92 Å². The molecule has 0 spiro atoms. The number of hydrogen-bond donors (Lipinski definition) is 0. The molecule has 0 aromatic heterocycles. The molecule has 59 valence electrons. The number of carbonyl (C=O) groups excluding carboxylic acids is 1. The Hall–Kier alpha value is -0.600. The molecule has 0 saturated carbocycles. The van der Waals surface area contributed by atoms with E-state index >= 15 is 0 Å². The molecule has 0 aliphatic heterocycles. The summed E-state index contributed by atoms with van der Waals surface area (Å²) in [7, 11) is 1.46. The maximum Gasteiger partial charge on any atom is 0.210 e. The smallest absolute Gasteiger partial charge is 0.210 e. The average molecular weight is 172 g/mol. The highest BCUT2D eigenvalue weighted by molar-refractivity contribution is 6.25. The molecule has 1 aliphatic carbocycles. The summed E-state index contributed by atoms with van der Waals surface area (Å²) < 4.78 is 4.95. The number of methoxy groups -OCH3 is 1. The number of allylic oxidation sites excluding steroid dienone is 2. The van der Waals surface area contributed by atoms with Crippen molar-refractivity contribution in [2.45, 2.75) is 5.06 Å². The Balaban J connectivity index is 2.85. The van der Waals surface area contributed by atoms with Crippen LogP contribution in [0.15, 0.2) is 24.3 Å². The Labute approximate surface area is 70.5 Å². The van der Waals surface area contributed by atoms with Gasteiger partial charge in [0.2, 0.25) is 6.29 Å². The van der Waals surface area contributed by atoms with E-state index in [-0.39, 0.29) is 0 Å². The molecule has 0 heterocycles. The van der Waals surface area contributed by atoms with Crippen molar-refractivity contribution in [3.8, 4) is 0 Å². The molecule has 0 aromatic carbocycles. The van der Waals surface area contributed by atoms with E-state index in [0.717, 1.165) is 0 Å². The van der Waals surface area contributed by atoms with Crippen molar-refractivity contribution >= 4 is 17.9 Å². The van der Waals surface area contributed by atoms with Gasteiger partial charge in [0.05, 0.1) is 5.92 Å². The van der Waals surface area contributed by atoms with Gasteiger partial charge in [0, 0.05) is 7.11 Å². The summed E-state index contributed by atoms with van der Waals surface area (Å²) >= 11 is 5.90. The summed E-state index contributed by atoms with van der Waals surface area (Å²) in [4.78, 5) is 10.4. The first-order valence-corrected chi connectivity index (χ1v) is 3.58. The van der Waals surface area contributed by atoms with Gasteiger partial charge in [-0.1, -0.05) is 29.8 Å². The van der Waals surface area contributed by atoms with Crippen LogP contribution < -0.4 is 0 Å². The molecule has 0 amide bonds. The van der Waals surface area contributed by atoms with Crippen molar-refractivity contribution < 1.29 is 9.53 Å². The quantitative estimate of drug-likeness (QED) is 0.588. The summed E-state index contributed by atoms with van der Waals surface area (Å²) in [6.45, 7) is 0. The van der Waals surface area contributed by atoms with Gasteiger partial charge in [0.1, 0.15) is 0 Å². The van der Waals surface area contributed by atoms with Gasteiger partial charge in [-0.25, -0.2) is 0 Å². The lowest BCUT2D eigenvalue weighted by atomic mass is 9.99. The van der Waals surface area contributed by atoms with Crippen LogP contribution in [0.2, 0.25) is 0 Å². The van der Waals surface area contributed by atoms with Gasteiger partial charge in [0.25, 0.3) is 0 Å². The molecular weight excluding hydrogens is 164 g/mol. The Kier molecular flexibility index (Phi) is 2.47. The van der Waals surface area contributed by atoms with Crippen LogP contribution in [-0.2, 0) is 9.53 Å². The van der Waals surface area contributed by atoms with Crippen LogP contribution in [0.1, 0.15) is 0 Å². The fourth-order valence-corrected chi connectivity index (χ4v) is 1.10. The van der Waals surface area contributed by atoms with Crippen LogP contribution in [0.5, 0.6) is 0 Å². The molecule has 1 aliphatic rings. The highest BCUT2D eigenvalue weighted by Crippen LogP contribution is 2.30. The second-order valence-corrected chi connectivity index (χ2v) is 2.83. The lowest BCUT2D eigenvalue weighted by Crippen LogP contribution is -2.32. The molecule has 1 rings (SSSR count). The molecule has 0 bridgehead atoms. The van der Waals surface area contributed by atoms with E-state index in [1.807, 2.05) is 0 Å². The van der Waals surface area contributed by atoms with Gasteiger partial charge >= 0.3 is 0 Å². The predicted molar refractivity (Wildman–Crippen MR) is 43.1 cm³/mol. The molecule has 0 N–H and O–H groups in total. The summed E-state index contributed by atoms with van der Waals surface area (Å²) in [6.07, 6.45) is 8.57. The van der Waals surface area contributed by atoms with Crippen LogP contribution in [-0.4, -0.2) is 18.5 Å². The number of halogens is 1. The maximum absolute atomic E-state index is 10.4. The monoisotopic (exact) mass is 171 g/mol. The first-order valence-electron chi connectivity index (χ1n) is 3.20. The zero-order valence-electron chi connectivity index (χ0n) is 6.08. The Morgan fingerprint density at radius 1 is 1.64 bits per heavy atom. The van der Waals surface area contributed by atoms with E-state index in [4.69, 9.17) is 16.3 Å². The van der Waals surface area contributed by atoms with Crippen LogP contribution in [0.25, 0.3) is 0 Å². The summed E-state index contributed by atoms with van der Waals surface area (Å²) in [5.41, 5.74) is 0. The number of rotatable bonds is 2. The van der Waals surface area contributed by atoms with Crippen molar-refractivity contribution in [3.05, 3.63) is 24.3 Å². The molecule has 1 radical (unpaired) electrons. The van der Waals surface area contributed by atoms with Crippen molar-refractivity contribution in [1.82, 2.24) is 0 Å². The lowest BCUT2D eigenvalue weighted by molar-refractivity contribution is 0.0872. The van der Waals surface area contributed by atoms with Gasteiger partial charge in [-0.15, -0.1) is 0 Å². The zero-order chi connectivity index (χ0) is 8.32. The highest BCUT2D eigenvalue weighted by atomic mass is 35.5. The third-order valence-corrected chi connectivity index (χ3v) is 2.12. The van der Waals surface area contributed by atoms with E-state index in [1.165, 1.54) is 7.11 Å². The molecule has 11 heavy (non-hydrogen) atoms. The van der Waals surface area contributed by atoms with Gasteiger partial charge in [-0.05, 0) is 6.08 Å². The average Bonchev–Trinajstić information content (AvgIpc) is 2.05. The highest BCUT2D eigenvalue weighted by Gasteiger charge is 2.34. The largest absolute Gasteiger partial charge is 0.358 e. The van der Waals surface area contributed by atoms with Gasteiger partial charge in [-0.2, -0.15) is 0 Å². The first-order chi connectivity index (χ1) is 5.23. The zero-order valence-corrected chi connectivity index (χ0v) is 6.84. The van der Waals surface area contributed by atoms with Crippen LogP contribution in [0.4, 0.5) is 0 Å². The predicted octanol–water partition coefficient (Wildman–Crippen LogP) is 1.42. The van der Waals surface area contributed by atoms with Crippen LogP contribution in [0.3, 0.4) is 0 Å². The van der Waals surface area contributed by atoms with E-state index in [9.17, 15) is 4.79 Å². The molecule has 2 atom stereocenters. The summed E-state index contributed by atoms with van der Waals surface area (Å²) in [5.74, 6) is -0.515. The van der Waals surface area contributed by atoms with E-state index in [1.54, 1.807) is 30.6 Å². The second-order valence-electron chi connectivity index (χ2n) is 2.24. The van der Waals surface area contributed by atoms with E-state index < -0.39 is 11.0 Å². The molecular formula is C8H8ClO2. The Bertz CT molecular complexity index is 210. The number of alkyl halides is 1. The van der Waals surface area contributed by atoms with E-state index in [2.05, 4.69) is 0 Å². The van der Waals surface area contributed by atoms with E-state index in [0.29, 0.717) is 0 Å². The maximum atomic E-state index is 10.4. The number of hydrogen-bond acceptors (Lipinski definition) is 2. The van der Waals surface area contributed by atoms with Gasteiger partial charge in [-0.3, -0.25) is 4.79 Å². The van der Waals surface area contributed by atoms with Gasteiger partial charge in [0.15, 0.2) is 5.06 Å². The molecule has 2 nitrogen and oxygen atoms in total. The van der Waals surface area contributed by atoms with Gasteiger partial charge < -0.3 is 4.74 Å². The van der Waals surface area contributed by atoms with Crippen molar-refractivity contribution in [2.75, 3.05) is 7.11 Å². The summed E-state index contributed by atoms with van der Waals surface area (Å²) in [6, 6.07) is 0. The minimum absolute atomic E-state index is 0.515. The SMILES string of the molecule is COC1(Cl)C=CC=CC1[C]=O. The topological polar surface area (TPSA) is 26.3 Å². The fourth-order valence-electron chi connectivity index (χ4n) is 0.912. The fraction of sp³-hybridized carbons (Fsp3) is 0.375.